The van der Waals surface area contributed by atoms with Crippen LogP contribution in [0, 0.1) is 0 Å². The summed E-state index contributed by atoms with van der Waals surface area (Å²) in [4.78, 5) is 0. The molecule has 0 amide bonds. The Morgan fingerprint density at radius 3 is 2.27 bits per heavy atom. The maximum atomic E-state index is 8.81. The van der Waals surface area contributed by atoms with E-state index in [1.807, 2.05) is 0 Å². The Morgan fingerprint density at radius 2 is 1.87 bits per heavy atom. The summed E-state index contributed by atoms with van der Waals surface area (Å²) in [5.41, 5.74) is 0. The zero-order chi connectivity index (χ0) is 11.7. The van der Waals surface area contributed by atoms with Crippen LogP contribution in [0.4, 0.5) is 0 Å². The molecule has 2 unspecified atom stereocenters. The zero-order valence-electron chi connectivity index (χ0n) is 10.5. The second kappa shape index (κ2) is 4.53. The molecule has 0 spiro atoms. The van der Waals surface area contributed by atoms with Gasteiger partial charge in [-0.3, -0.25) is 0 Å². The number of rotatable bonds is 5. The first-order chi connectivity index (χ1) is 6.78. The molecule has 0 aromatic rings. The highest BCUT2D eigenvalue weighted by molar-refractivity contribution is 6.74. The molecule has 3 nitrogen and oxygen atoms in total. The SMILES string of the molecule is CC(C)(C)[Si](C)(C)OCCC1OC1CO. The fourth-order valence-corrected chi connectivity index (χ4v) is 2.30. The Hall–Kier alpha value is 0.0969. The fraction of sp³-hybridized carbons (Fsp3) is 1.00. The first-order valence-corrected chi connectivity index (χ1v) is 8.59. The van der Waals surface area contributed by atoms with Gasteiger partial charge in [-0.2, -0.15) is 0 Å². The summed E-state index contributed by atoms with van der Waals surface area (Å²) >= 11 is 0. The summed E-state index contributed by atoms with van der Waals surface area (Å²) in [5.74, 6) is 0. The normalized spacial score (nSPS) is 26.8. The van der Waals surface area contributed by atoms with Gasteiger partial charge >= 0.3 is 0 Å². The first-order valence-electron chi connectivity index (χ1n) is 5.68. The average molecular weight is 232 g/mol. The highest BCUT2D eigenvalue weighted by Gasteiger charge is 2.40. The second-order valence-electron chi connectivity index (χ2n) is 5.79. The molecule has 0 aromatic carbocycles. The van der Waals surface area contributed by atoms with Gasteiger partial charge in [0.25, 0.3) is 0 Å². The van der Waals surface area contributed by atoms with Crippen molar-refractivity contribution in [3.05, 3.63) is 0 Å². The minimum absolute atomic E-state index is 0.0769. The molecule has 0 bridgehead atoms. The topological polar surface area (TPSA) is 42.0 Å². The standard InChI is InChI=1S/C11H24O3Si/c1-11(2,3)15(4,5)13-7-6-9-10(8-12)14-9/h9-10,12H,6-8H2,1-5H3. The molecule has 0 radical (unpaired) electrons. The van der Waals surface area contributed by atoms with Gasteiger partial charge in [0.15, 0.2) is 8.32 Å². The molecule has 0 aromatic heterocycles. The van der Waals surface area contributed by atoms with Crippen LogP contribution in [0.1, 0.15) is 27.2 Å². The largest absolute Gasteiger partial charge is 0.417 e. The molecule has 0 saturated carbocycles. The Labute approximate surface area is 93.9 Å². The fourth-order valence-electron chi connectivity index (χ4n) is 1.24. The van der Waals surface area contributed by atoms with E-state index in [9.17, 15) is 0 Å². The van der Waals surface area contributed by atoms with E-state index in [4.69, 9.17) is 14.3 Å². The predicted molar refractivity (Wildman–Crippen MR) is 63.5 cm³/mol. The lowest BCUT2D eigenvalue weighted by molar-refractivity contribution is 0.236. The number of epoxide rings is 1. The lowest BCUT2D eigenvalue weighted by atomic mass is 10.2. The Morgan fingerprint density at radius 1 is 1.27 bits per heavy atom. The van der Waals surface area contributed by atoms with Crippen molar-refractivity contribution < 1.29 is 14.3 Å². The van der Waals surface area contributed by atoms with Crippen LogP contribution in [-0.2, 0) is 9.16 Å². The molecule has 1 fully saturated rings. The van der Waals surface area contributed by atoms with Crippen LogP contribution in [-0.4, -0.2) is 38.8 Å². The first kappa shape index (κ1) is 13.2. The molecule has 1 saturated heterocycles. The van der Waals surface area contributed by atoms with Crippen LogP contribution in [0.3, 0.4) is 0 Å². The molecule has 1 aliphatic heterocycles. The lowest BCUT2D eigenvalue weighted by Crippen LogP contribution is -2.41. The number of aliphatic hydroxyl groups excluding tert-OH is 1. The van der Waals surface area contributed by atoms with Crippen molar-refractivity contribution in [1.82, 2.24) is 0 Å². The van der Waals surface area contributed by atoms with E-state index < -0.39 is 8.32 Å². The monoisotopic (exact) mass is 232 g/mol. The molecular weight excluding hydrogens is 208 g/mol. The van der Waals surface area contributed by atoms with Gasteiger partial charge in [-0.15, -0.1) is 0 Å². The van der Waals surface area contributed by atoms with Gasteiger partial charge in [0.1, 0.15) is 6.10 Å². The Kier molecular flexibility index (Phi) is 3.98. The van der Waals surface area contributed by atoms with E-state index >= 15 is 0 Å². The zero-order valence-corrected chi connectivity index (χ0v) is 11.5. The molecule has 1 aliphatic rings. The minimum atomic E-state index is -1.59. The summed E-state index contributed by atoms with van der Waals surface area (Å²) in [6.45, 7) is 12.1. The molecule has 0 aliphatic carbocycles. The van der Waals surface area contributed by atoms with Gasteiger partial charge in [0.2, 0.25) is 0 Å². The van der Waals surface area contributed by atoms with E-state index in [0.717, 1.165) is 13.0 Å². The van der Waals surface area contributed by atoms with Crippen molar-refractivity contribution in [2.75, 3.05) is 13.2 Å². The van der Waals surface area contributed by atoms with Crippen LogP contribution in [0.2, 0.25) is 18.1 Å². The van der Waals surface area contributed by atoms with Crippen molar-refractivity contribution in [2.24, 2.45) is 0 Å². The smallest absolute Gasteiger partial charge is 0.191 e. The van der Waals surface area contributed by atoms with E-state index in [1.54, 1.807) is 0 Å². The van der Waals surface area contributed by atoms with Crippen molar-refractivity contribution in [3.63, 3.8) is 0 Å². The van der Waals surface area contributed by atoms with Crippen molar-refractivity contribution in [3.8, 4) is 0 Å². The van der Waals surface area contributed by atoms with Crippen molar-refractivity contribution in [1.29, 1.82) is 0 Å². The Balaban J connectivity index is 2.20. The second-order valence-corrected chi connectivity index (χ2v) is 10.6. The summed E-state index contributed by atoms with van der Waals surface area (Å²) in [5, 5.41) is 9.08. The predicted octanol–water partition coefficient (Wildman–Crippen LogP) is 2.16. The van der Waals surface area contributed by atoms with Gasteiger partial charge in [0.05, 0.1) is 12.7 Å². The van der Waals surface area contributed by atoms with E-state index in [-0.39, 0.29) is 23.9 Å². The number of ether oxygens (including phenoxy) is 1. The molecule has 1 N–H and O–H groups in total. The van der Waals surface area contributed by atoms with Gasteiger partial charge in [-0.1, -0.05) is 20.8 Å². The van der Waals surface area contributed by atoms with Gasteiger partial charge in [-0.25, -0.2) is 0 Å². The van der Waals surface area contributed by atoms with Crippen LogP contribution >= 0.6 is 0 Å². The van der Waals surface area contributed by atoms with Gasteiger partial charge < -0.3 is 14.3 Å². The highest BCUT2D eigenvalue weighted by atomic mass is 28.4. The van der Waals surface area contributed by atoms with Gasteiger partial charge in [-0.05, 0) is 24.6 Å². The lowest BCUT2D eigenvalue weighted by Gasteiger charge is -2.36. The molecule has 1 heterocycles. The van der Waals surface area contributed by atoms with Crippen LogP contribution in [0.25, 0.3) is 0 Å². The summed E-state index contributed by atoms with van der Waals surface area (Å²) < 4.78 is 11.3. The molecule has 1 rings (SSSR count). The van der Waals surface area contributed by atoms with E-state index in [2.05, 4.69) is 33.9 Å². The quantitative estimate of drug-likeness (QED) is 0.583. The summed E-state index contributed by atoms with van der Waals surface area (Å²) in [7, 11) is -1.59. The average Bonchev–Trinajstić information content (AvgIpc) is 2.81. The molecule has 15 heavy (non-hydrogen) atoms. The summed E-state index contributed by atoms with van der Waals surface area (Å²) in [6.07, 6.45) is 1.23. The minimum Gasteiger partial charge on any atom is -0.417 e. The summed E-state index contributed by atoms with van der Waals surface area (Å²) in [6, 6.07) is 0. The van der Waals surface area contributed by atoms with Crippen LogP contribution in [0.5, 0.6) is 0 Å². The van der Waals surface area contributed by atoms with Gasteiger partial charge in [0, 0.05) is 6.61 Å². The highest BCUT2D eigenvalue weighted by Crippen LogP contribution is 2.37. The maximum Gasteiger partial charge on any atom is 0.191 e. The number of hydrogen-bond donors (Lipinski definition) is 1. The van der Waals surface area contributed by atoms with E-state index in [1.165, 1.54) is 0 Å². The third-order valence-electron chi connectivity index (χ3n) is 3.54. The third-order valence-corrected chi connectivity index (χ3v) is 8.08. The molecule has 2 atom stereocenters. The van der Waals surface area contributed by atoms with Crippen molar-refractivity contribution >= 4 is 8.32 Å². The molecule has 90 valence electrons. The maximum absolute atomic E-state index is 8.81. The molecular formula is C11H24O3Si. The van der Waals surface area contributed by atoms with E-state index in [0.29, 0.717) is 0 Å². The number of hydrogen-bond acceptors (Lipinski definition) is 3. The third kappa shape index (κ3) is 3.55. The van der Waals surface area contributed by atoms with Crippen molar-refractivity contribution in [2.45, 2.75) is 57.5 Å². The molecule has 4 heteroatoms. The van der Waals surface area contributed by atoms with Crippen LogP contribution < -0.4 is 0 Å². The van der Waals surface area contributed by atoms with Crippen LogP contribution in [0.15, 0.2) is 0 Å². The Bertz CT molecular complexity index is 210. The number of aliphatic hydroxyl groups is 1.